The van der Waals surface area contributed by atoms with Gasteiger partial charge in [0.05, 0.1) is 7.11 Å². The lowest BCUT2D eigenvalue weighted by Gasteiger charge is -2.50. The van der Waals surface area contributed by atoms with Gasteiger partial charge in [0.15, 0.2) is 0 Å². The van der Waals surface area contributed by atoms with E-state index in [-0.39, 0.29) is 17.5 Å². The van der Waals surface area contributed by atoms with Crippen LogP contribution in [0.1, 0.15) is 114 Å². The highest BCUT2D eigenvalue weighted by atomic mass is 16.5. The van der Waals surface area contributed by atoms with E-state index in [1.54, 1.807) is 12.7 Å². The van der Waals surface area contributed by atoms with Crippen LogP contribution >= 0.6 is 0 Å². The van der Waals surface area contributed by atoms with Gasteiger partial charge in [-0.1, -0.05) is 58.4 Å². The van der Waals surface area contributed by atoms with Crippen LogP contribution in [-0.4, -0.2) is 19.2 Å². The van der Waals surface area contributed by atoms with Crippen LogP contribution in [0.15, 0.2) is 18.2 Å². The average molecular weight is 441 g/mol. The first-order valence-electron chi connectivity index (χ1n) is 13.4. The molecule has 1 aromatic carbocycles. The second-order valence-electron chi connectivity index (χ2n) is 11.0. The third-order valence-corrected chi connectivity index (χ3v) is 9.10. The van der Waals surface area contributed by atoms with Gasteiger partial charge in [0, 0.05) is 11.8 Å². The van der Waals surface area contributed by atoms with Crippen LogP contribution in [0.2, 0.25) is 0 Å². The second-order valence-corrected chi connectivity index (χ2v) is 11.0. The molecule has 0 spiro atoms. The molecule has 2 saturated carbocycles. The highest BCUT2D eigenvalue weighted by Crippen LogP contribution is 2.61. The second kappa shape index (κ2) is 10.6. The van der Waals surface area contributed by atoms with E-state index in [1.807, 2.05) is 0 Å². The molecule has 0 N–H and O–H groups in total. The standard InChI is InChI=1S/C29H44O3/c1-4-5-6-7-8-9-10-11-28(30)32-27-17-16-26-25-14-12-21-20-22(31-3)13-15-23(21)24(25)18-19-29(26,27)2/h13,15,20,24-27H,4-12,14,16-19H2,1-3H3/t24-,25+,26+,27+,29+/m1/s1. The Balaban J connectivity index is 1.30. The normalized spacial score (nSPS) is 30.8. The van der Waals surface area contributed by atoms with E-state index < -0.39 is 0 Å². The average Bonchev–Trinajstić information content (AvgIpc) is 3.13. The van der Waals surface area contributed by atoms with Crippen LogP contribution in [0.25, 0.3) is 0 Å². The SMILES string of the molecule is CCCCCCCCCC(=O)O[C@H]1CC[C@H]2[C@H]3CCc4cc(OC)ccc4[C@H]3CC[C@]12C. The molecule has 32 heavy (non-hydrogen) atoms. The zero-order valence-electron chi connectivity index (χ0n) is 20.7. The summed E-state index contributed by atoms with van der Waals surface area (Å²) in [6.07, 6.45) is 16.5. The van der Waals surface area contributed by atoms with Crippen molar-refractivity contribution < 1.29 is 14.3 Å². The van der Waals surface area contributed by atoms with E-state index in [1.165, 1.54) is 63.4 Å². The molecule has 0 saturated heterocycles. The van der Waals surface area contributed by atoms with Crippen molar-refractivity contribution in [3.63, 3.8) is 0 Å². The molecule has 3 aliphatic rings. The number of esters is 1. The summed E-state index contributed by atoms with van der Waals surface area (Å²) in [5.41, 5.74) is 3.22. The topological polar surface area (TPSA) is 35.5 Å². The third kappa shape index (κ3) is 4.87. The van der Waals surface area contributed by atoms with E-state index in [2.05, 4.69) is 32.0 Å². The minimum atomic E-state index is 0.0497. The van der Waals surface area contributed by atoms with E-state index >= 15 is 0 Å². The highest BCUT2D eigenvalue weighted by molar-refractivity contribution is 5.69. The van der Waals surface area contributed by atoms with Gasteiger partial charge in [-0.3, -0.25) is 4.79 Å². The molecule has 1 aromatic rings. The van der Waals surface area contributed by atoms with Crippen molar-refractivity contribution in [1.82, 2.24) is 0 Å². The van der Waals surface area contributed by atoms with Crippen molar-refractivity contribution in [3.8, 4) is 5.75 Å². The van der Waals surface area contributed by atoms with Gasteiger partial charge in [-0.25, -0.2) is 0 Å². The smallest absolute Gasteiger partial charge is 0.306 e. The van der Waals surface area contributed by atoms with Crippen molar-refractivity contribution in [1.29, 1.82) is 0 Å². The third-order valence-electron chi connectivity index (χ3n) is 9.10. The maximum atomic E-state index is 12.6. The fourth-order valence-electron chi connectivity index (χ4n) is 7.28. The lowest BCUT2D eigenvalue weighted by Crippen LogP contribution is -2.45. The molecule has 178 valence electrons. The molecule has 0 aromatic heterocycles. The van der Waals surface area contributed by atoms with E-state index in [4.69, 9.17) is 9.47 Å². The van der Waals surface area contributed by atoms with Gasteiger partial charge >= 0.3 is 5.97 Å². The minimum absolute atomic E-state index is 0.0497. The Bertz CT molecular complexity index is 772. The zero-order valence-corrected chi connectivity index (χ0v) is 20.7. The summed E-state index contributed by atoms with van der Waals surface area (Å²) in [4.78, 5) is 12.6. The lowest BCUT2D eigenvalue weighted by molar-refractivity contribution is -0.157. The number of methoxy groups -OCH3 is 1. The fourth-order valence-corrected chi connectivity index (χ4v) is 7.28. The number of hydrogen-bond donors (Lipinski definition) is 0. The number of hydrogen-bond acceptors (Lipinski definition) is 3. The number of carbonyl (C=O) groups is 1. The van der Waals surface area contributed by atoms with Crippen molar-refractivity contribution >= 4 is 5.97 Å². The molecular formula is C29H44O3. The summed E-state index contributed by atoms with van der Waals surface area (Å²) < 4.78 is 11.6. The lowest BCUT2D eigenvalue weighted by atomic mass is 9.55. The van der Waals surface area contributed by atoms with Crippen LogP contribution < -0.4 is 4.74 Å². The zero-order chi connectivity index (χ0) is 22.6. The van der Waals surface area contributed by atoms with Crippen LogP contribution in [0, 0.1) is 17.3 Å². The van der Waals surface area contributed by atoms with E-state index in [0.29, 0.717) is 18.3 Å². The summed E-state index contributed by atoms with van der Waals surface area (Å²) in [6.45, 7) is 4.68. The monoisotopic (exact) mass is 440 g/mol. The Kier molecular flexibility index (Phi) is 7.84. The Labute approximate surface area is 195 Å². The maximum absolute atomic E-state index is 12.6. The van der Waals surface area contributed by atoms with Crippen molar-refractivity contribution in [2.24, 2.45) is 17.3 Å². The first kappa shape index (κ1) is 23.6. The predicted octanol–water partition coefficient (Wildman–Crippen LogP) is 7.60. The van der Waals surface area contributed by atoms with Gasteiger partial charge in [-0.2, -0.15) is 0 Å². The van der Waals surface area contributed by atoms with Gasteiger partial charge in [-0.15, -0.1) is 0 Å². The van der Waals surface area contributed by atoms with Crippen molar-refractivity contribution in [3.05, 3.63) is 29.3 Å². The molecule has 0 unspecified atom stereocenters. The van der Waals surface area contributed by atoms with Crippen LogP contribution in [0.4, 0.5) is 0 Å². The van der Waals surface area contributed by atoms with Crippen molar-refractivity contribution in [2.75, 3.05) is 7.11 Å². The van der Waals surface area contributed by atoms with Gasteiger partial charge in [0.1, 0.15) is 11.9 Å². The van der Waals surface area contributed by atoms with Crippen LogP contribution in [-0.2, 0) is 16.0 Å². The molecule has 0 amide bonds. The number of benzene rings is 1. The van der Waals surface area contributed by atoms with E-state index in [9.17, 15) is 4.79 Å². The molecule has 2 fully saturated rings. The maximum Gasteiger partial charge on any atom is 0.306 e. The van der Waals surface area contributed by atoms with Crippen LogP contribution in [0.5, 0.6) is 5.75 Å². The number of fused-ring (bicyclic) bond motifs is 5. The summed E-state index contributed by atoms with van der Waals surface area (Å²) >= 11 is 0. The largest absolute Gasteiger partial charge is 0.497 e. The number of aryl methyl sites for hydroxylation is 1. The predicted molar refractivity (Wildman–Crippen MR) is 130 cm³/mol. The first-order valence-corrected chi connectivity index (χ1v) is 13.4. The number of carbonyl (C=O) groups excluding carboxylic acids is 1. The molecule has 4 rings (SSSR count). The Morgan fingerprint density at radius 3 is 2.59 bits per heavy atom. The van der Waals surface area contributed by atoms with Gasteiger partial charge in [0.2, 0.25) is 0 Å². The van der Waals surface area contributed by atoms with Gasteiger partial charge in [-0.05, 0) is 86.0 Å². The molecular weight excluding hydrogens is 396 g/mol. The molecule has 0 radical (unpaired) electrons. The molecule has 0 heterocycles. The van der Waals surface area contributed by atoms with E-state index in [0.717, 1.165) is 37.4 Å². The minimum Gasteiger partial charge on any atom is -0.497 e. The summed E-state index contributed by atoms with van der Waals surface area (Å²) in [7, 11) is 1.76. The molecule has 3 aliphatic carbocycles. The Morgan fingerprint density at radius 1 is 1.03 bits per heavy atom. The molecule has 3 heteroatoms. The highest BCUT2D eigenvalue weighted by Gasteiger charge is 2.56. The number of rotatable bonds is 10. The van der Waals surface area contributed by atoms with Gasteiger partial charge < -0.3 is 9.47 Å². The Hall–Kier alpha value is -1.51. The molecule has 5 atom stereocenters. The Morgan fingerprint density at radius 2 is 1.81 bits per heavy atom. The molecule has 3 nitrogen and oxygen atoms in total. The number of ether oxygens (including phenoxy) is 2. The summed E-state index contributed by atoms with van der Waals surface area (Å²) in [5, 5.41) is 0. The summed E-state index contributed by atoms with van der Waals surface area (Å²) in [5.74, 6) is 3.13. The fraction of sp³-hybridized carbons (Fsp3) is 0.759. The molecule has 0 aliphatic heterocycles. The van der Waals surface area contributed by atoms with Gasteiger partial charge in [0.25, 0.3) is 0 Å². The quantitative estimate of drug-likeness (QED) is 0.277. The molecule has 0 bridgehead atoms. The number of unbranched alkanes of at least 4 members (excludes halogenated alkanes) is 6. The van der Waals surface area contributed by atoms with Crippen LogP contribution in [0.3, 0.4) is 0 Å². The van der Waals surface area contributed by atoms with Crippen molar-refractivity contribution in [2.45, 2.75) is 116 Å². The first-order chi connectivity index (χ1) is 15.6. The summed E-state index contributed by atoms with van der Waals surface area (Å²) in [6, 6.07) is 6.71.